The molecule has 1 atom stereocenters. The van der Waals surface area contributed by atoms with Gasteiger partial charge >= 0.3 is 5.97 Å². The number of nitro groups is 1. The molecule has 0 amide bonds. The molecule has 8 heteroatoms. The summed E-state index contributed by atoms with van der Waals surface area (Å²) < 4.78 is 11.4. The van der Waals surface area contributed by atoms with E-state index in [9.17, 15) is 14.9 Å². The van der Waals surface area contributed by atoms with E-state index >= 15 is 0 Å². The van der Waals surface area contributed by atoms with Gasteiger partial charge in [-0.3, -0.25) is 10.1 Å². The summed E-state index contributed by atoms with van der Waals surface area (Å²) in [6.07, 6.45) is 2.56. The van der Waals surface area contributed by atoms with Crippen molar-refractivity contribution in [1.29, 1.82) is 0 Å². The third-order valence-electron chi connectivity index (χ3n) is 4.46. The van der Waals surface area contributed by atoms with Crippen LogP contribution in [0, 0.1) is 10.1 Å². The number of benzene rings is 2. The highest BCUT2D eigenvalue weighted by molar-refractivity contribution is 9.10. The molecule has 0 aliphatic carbocycles. The number of hydrogen-bond donors (Lipinski definition) is 0. The Labute approximate surface area is 170 Å². The van der Waals surface area contributed by atoms with Crippen molar-refractivity contribution >= 4 is 39.4 Å². The summed E-state index contributed by atoms with van der Waals surface area (Å²) in [5, 5.41) is 11.6. The van der Waals surface area contributed by atoms with E-state index in [1.165, 1.54) is 25.3 Å². The lowest BCUT2D eigenvalue weighted by Crippen LogP contribution is -2.38. The number of rotatable bonds is 5. The van der Waals surface area contributed by atoms with Gasteiger partial charge < -0.3 is 14.4 Å². The van der Waals surface area contributed by atoms with Crippen LogP contribution in [0.1, 0.15) is 17.2 Å². The Morgan fingerprint density at radius 1 is 1.32 bits per heavy atom. The molecule has 1 unspecified atom stereocenters. The zero-order valence-corrected chi connectivity index (χ0v) is 16.8. The summed E-state index contributed by atoms with van der Waals surface area (Å²) >= 11 is 3.42. The summed E-state index contributed by atoms with van der Waals surface area (Å²) in [6, 6.07) is 12.8. The SMILES string of the molecule is COC(=O)/C=C/c1ccc(N2CCOC(c3ccc(Br)cc3)C2)c([N+](=O)[O-])c1. The minimum Gasteiger partial charge on any atom is -0.466 e. The second-order valence-electron chi connectivity index (χ2n) is 6.22. The van der Waals surface area contributed by atoms with E-state index in [-0.39, 0.29) is 11.8 Å². The molecular weight excluding hydrogens is 428 g/mol. The molecule has 7 nitrogen and oxygen atoms in total. The Morgan fingerprint density at radius 2 is 2.07 bits per heavy atom. The van der Waals surface area contributed by atoms with Crippen LogP contribution in [-0.4, -0.2) is 37.7 Å². The third kappa shape index (κ3) is 4.76. The van der Waals surface area contributed by atoms with Gasteiger partial charge in [0.1, 0.15) is 11.8 Å². The Bertz CT molecular complexity index is 898. The molecular formula is C20H19BrN2O5. The quantitative estimate of drug-likeness (QED) is 0.297. The number of carbonyl (C=O) groups is 1. The van der Waals surface area contributed by atoms with Gasteiger partial charge in [0.2, 0.25) is 0 Å². The zero-order valence-electron chi connectivity index (χ0n) is 15.2. The molecule has 0 spiro atoms. The number of halogens is 1. The van der Waals surface area contributed by atoms with Crippen molar-refractivity contribution in [2.75, 3.05) is 31.7 Å². The van der Waals surface area contributed by atoms with Crippen LogP contribution in [0.25, 0.3) is 6.08 Å². The van der Waals surface area contributed by atoms with Crippen molar-refractivity contribution in [2.45, 2.75) is 6.10 Å². The lowest BCUT2D eigenvalue weighted by molar-refractivity contribution is -0.384. The predicted molar refractivity (Wildman–Crippen MR) is 109 cm³/mol. The average Bonchev–Trinajstić information content (AvgIpc) is 2.72. The van der Waals surface area contributed by atoms with Crippen LogP contribution in [0.2, 0.25) is 0 Å². The molecule has 0 saturated carbocycles. The van der Waals surface area contributed by atoms with Crippen molar-refractivity contribution in [1.82, 2.24) is 0 Å². The number of carbonyl (C=O) groups excluding carboxylic acids is 1. The maximum absolute atomic E-state index is 11.6. The molecule has 1 saturated heterocycles. The van der Waals surface area contributed by atoms with Crippen LogP contribution >= 0.6 is 15.9 Å². The van der Waals surface area contributed by atoms with Gasteiger partial charge in [0.15, 0.2) is 0 Å². The monoisotopic (exact) mass is 446 g/mol. The number of nitro benzene ring substituents is 1. The van der Waals surface area contributed by atoms with E-state index in [1.807, 2.05) is 29.2 Å². The molecule has 1 heterocycles. The largest absolute Gasteiger partial charge is 0.466 e. The lowest BCUT2D eigenvalue weighted by Gasteiger charge is -2.34. The van der Waals surface area contributed by atoms with Gasteiger partial charge in [-0.1, -0.05) is 34.1 Å². The van der Waals surface area contributed by atoms with Crippen LogP contribution in [0.15, 0.2) is 53.0 Å². The lowest BCUT2D eigenvalue weighted by atomic mass is 10.1. The zero-order chi connectivity index (χ0) is 20.1. The van der Waals surface area contributed by atoms with E-state index in [0.717, 1.165) is 10.0 Å². The molecule has 146 valence electrons. The first-order valence-corrected chi connectivity index (χ1v) is 9.43. The van der Waals surface area contributed by atoms with Gasteiger partial charge in [0.05, 0.1) is 18.6 Å². The molecule has 1 aliphatic heterocycles. The summed E-state index contributed by atoms with van der Waals surface area (Å²) in [6.45, 7) is 1.55. The third-order valence-corrected chi connectivity index (χ3v) is 4.99. The van der Waals surface area contributed by atoms with Crippen molar-refractivity contribution in [2.24, 2.45) is 0 Å². The van der Waals surface area contributed by atoms with Gasteiger partial charge in [0.25, 0.3) is 5.69 Å². The van der Waals surface area contributed by atoms with Crippen LogP contribution < -0.4 is 4.90 Å². The number of nitrogens with zero attached hydrogens (tertiary/aromatic N) is 2. The fourth-order valence-electron chi connectivity index (χ4n) is 3.04. The maximum Gasteiger partial charge on any atom is 0.330 e. The number of hydrogen-bond acceptors (Lipinski definition) is 6. The minimum atomic E-state index is -0.516. The molecule has 2 aromatic rings. The fourth-order valence-corrected chi connectivity index (χ4v) is 3.30. The second-order valence-corrected chi connectivity index (χ2v) is 7.13. The van der Waals surface area contributed by atoms with Crippen molar-refractivity contribution in [3.63, 3.8) is 0 Å². The number of morpholine rings is 1. The Morgan fingerprint density at radius 3 is 2.75 bits per heavy atom. The van der Waals surface area contributed by atoms with Crippen LogP contribution in [-0.2, 0) is 14.3 Å². The summed E-state index contributed by atoms with van der Waals surface area (Å²) in [5.74, 6) is -0.516. The second kappa shape index (κ2) is 8.99. The highest BCUT2D eigenvalue weighted by Crippen LogP contribution is 2.33. The highest BCUT2D eigenvalue weighted by atomic mass is 79.9. The Kier molecular flexibility index (Phi) is 6.43. The van der Waals surface area contributed by atoms with Crippen LogP contribution in [0.4, 0.5) is 11.4 Å². The first-order chi connectivity index (χ1) is 13.5. The molecule has 0 aromatic heterocycles. The van der Waals surface area contributed by atoms with Crippen LogP contribution in [0.3, 0.4) is 0 Å². The molecule has 0 radical (unpaired) electrons. The van der Waals surface area contributed by atoms with E-state index in [0.29, 0.717) is 30.9 Å². The number of methoxy groups -OCH3 is 1. The van der Waals surface area contributed by atoms with E-state index < -0.39 is 10.9 Å². The van der Waals surface area contributed by atoms with Gasteiger partial charge in [0, 0.05) is 29.7 Å². The molecule has 1 aliphatic rings. The average molecular weight is 447 g/mol. The first-order valence-electron chi connectivity index (χ1n) is 8.64. The number of anilines is 1. The fraction of sp³-hybridized carbons (Fsp3) is 0.250. The smallest absolute Gasteiger partial charge is 0.330 e. The van der Waals surface area contributed by atoms with E-state index in [2.05, 4.69) is 20.7 Å². The van der Waals surface area contributed by atoms with E-state index in [4.69, 9.17) is 4.74 Å². The Balaban J connectivity index is 1.85. The topological polar surface area (TPSA) is 81.9 Å². The first kappa shape index (κ1) is 20.0. The van der Waals surface area contributed by atoms with Crippen molar-refractivity contribution in [3.8, 4) is 0 Å². The normalized spacial score (nSPS) is 16.9. The molecule has 0 N–H and O–H groups in total. The maximum atomic E-state index is 11.6. The standard InChI is InChI=1S/C20H19BrN2O5/c1-27-20(24)9-3-14-2-8-17(18(12-14)23(25)26)22-10-11-28-19(13-22)15-4-6-16(21)7-5-15/h2-9,12,19H,10-11,13H2,1H3/b9-3+. The van der Waals surface area contributed by atoms with Gasteiger partial charge in [-0.2, -0.15) is 0 Å². The number of ether oxygens (including phenoxy) is 2. The highest BCUT2D eigenvalue weighted by Gasteiger charge is 2.27. The molecule has 0 bridgehead atoms. The molecule has 2 aromatic carbocycles. The Hall–Kier alpha value is -2.71. The van der Waals surface area contributed by atoms with Gasteiger partial charge in [-0.15, -0.1) is 0 Å². The summed E-state index contributed by atoms with van der Waals surface area (Å²) in [5.41, 5.74) is 2.10. The number of esters is 1. The molecule has 1 fully saturated rings. The molecule has 3 rings (SSSR count). The minimum absolute atomic E-state index is 0.0107. The van der Waals surface area contributed by atoms with Crippen molar-refractivity contribution < 1.29 is 19.2 Å². The summed E-state index contributed by atoms with van der Waals surface area (Å²) in [4.78, 5) is 24.4. The van der Waals surface area contributed by atoms with Crippen molar-refractivity contribution in [3.05, 3.63) is 74.3 Å². The van der Waals surface area contributed by atoms with Gasteiger partial charge in [-0.05, 0) is 35.4 Å². The summed E-state index contributed by atoms with van der Waals surface area (Å²) in [7, 11) is 1.28. The van der Waals surface area contributed by atoms with E-state index in [1.54, 1.807) is 12.1 Å². The van der Waals surface area contributed by atoms with Gasteiger partial charge in [-0.25, -0.2) is 4.79 Å². The van der Waals surface area contributed by atoms with Crippen LogP contribution in [0.5, 0.6) is 0 Å². The predicted octanol–water partition coefficient (Wildman–Crippen LogP) is 4.12. The molecule has 28 heavy (non-hydrogen) atoms.